The van der Waals surface area contributed by atoms with E-state index in [1.165, 1.54) is 10.6 Å². The summed E-state index contributed by atoms with van der Waals surface area (Å²) in [5.41, 5.74) is 2.34. The maximum absolute atomic E-state index is 13.2. The number of nitroso groups, excluding NO2 is 1. The predicted octanol–water partition coefficient (Wildman–Crippen LogP) is 5.97. The van der Waals surface area contributed by atoms with Crippen LogP contribution >= 0.6 is 15.9 Å². The Hall–Kier alpha value is -2.72. The maximum Gasteiger partial charge on any atom is 0.378 e. The lowest BCUT2D eigenvalue weighted by molar-refractivity contribution is 0.0725. The lowest BCUT2D eigenvalue weighted by Gasteiger charge is -2.23. The number of rotatable bonds is 7. The van der Waals surface area contributed by atoms with E-state index in [0.717, 1.165) is 26.1 Å². The zero-order valence-electron chi connectivity index (χ0n) is 17.8. The van der Waals surface area contributed by atoms with Gasteiger partial charge in [-0.1, -0.05) is 49.3 Å². The molecule has 4 rings (SSSR count). The van der Waals surface area contributed by atoms with Crippen LogP contribution in [0.3, 0.4) is 0 Å². The molecule has 1 unspecified atom stereocenters. The molecule has 32 heavy (non-hydrogen) atoms. The van der Waals surface area contributed by atoms with Crippen molar-refractivity contribution in [2.75, 3.05) is 18.1 Å². The number of hydrogen-bond acceptors (Lipinski definition) is 6. The van der Waals surface area contributed by atoms with E-state index in [-0.39, 0.29) is 11.9 Å². The highest BCUT2D eigenvalue weighted by molar-refractivity contribution is 9.09. The minimum atomic E-state index is -3.38. The molecule has 1 aliphatic heterocycles. The number of benzene rings is 2. The molecule has 1 saturated heterocycles. The van der Waals surface area contributed by atoms with Crippen molar-refractivity contribution >= 4 is 21.6 Å². The molecular weight excluding hydrogens is 484 g/mol. The highest BCUT2D eigenvalue weighted by atomic mass is 79.9. The van der Waals surface area contributed by atoms with Gasteiger partial charge in [0.15, 0.2) is 0 Å². The summed E-state index contributed by atoms with van der Waals surface area (Å²) in [5.74, 6) is -0.779. The van der Waals surface area contributed by atoms with Gasteiger partial charge < -0.3 is 4.52 Å². The van der Waals surface area contributed by atoms with Gasteiger partial charge in [0.1, 0.15) is 0 Å². The molecular formula is C22H24BrF2N5O2. The Kier molecular flexibility index (Phi) is 8.03. The molecule has 2 heterocycles. The van der Waals surface area contributed by atoms with Gasteiger partial charge in [0.05, 0.1) is 17.0 Å². The quantitative estimate of drug-likeness (QED) is 0.223. The van der Waals surface area contributed by atoms with Gasteiger partial charge in [-0.25, -0.2) is 5.01 Å². The summed E-state index contributed by atoms with van der Waals surface area (Å²) in [6, 6.07) is 16.8. The van der Waals surface area contributed by atoms with Crippen molar-refractivity contribution in [1.82, 2.24) is 15.0 Å². The average Bonchev–Trinajstić information content (AvgIpc) is 3.47. The molecule has 1 fully saturated rings. The van der Waals surface area contributed by atoms with Crippen molar-refractivity contribution < 1.29 is 13.3 Å². The molecule has 1 aliphatic rings. The molecule has 0 spiro atoms. The molecule has 10 heteroatoms. The second-order valence-corrected chi connectivity index (χ2v) is 8.05. The highest BCUT2D eigenvalue weighted by Crippen LogP contribution is 2.34. The molecule has 1 aromatic heterocycles. The van der Waals surface area contributed by atoms with E-state index in [0.29, 0.717) is 11.3 Å². The van der Waals surface area contributed by atoms with Crippen LogP contribution in [0.15, 0.2) is 64.4 Å². The summed E-state index contributed by atoms with van der Waals surface area (Å²) < 4.78 is 31.0. The van der Waals surface area contributed by atoms with E-state index in [1.807, 2.05) is 32.0 Å². The Labute approximate surface area is 193 Å². The average molecular weight is 508 g/mol. The van der Waals surface area contributed by atoms with Crippen LogP contribution in [0.5, 0.6) is 0 Å². The smallest absolute Gasteiger partial charge is 0.331 e. The fraction of sp³-hybridized carbons (Fsp3) is 0.364. The molecule has 0 amide bonds. The largest absolute Gasteiger partial charge is 0.378 e. The van der Waals surface area contributed by atoms with Crippen molar-refractivity contribution in [3.8, 4) is 11.4 Å². The van der Waals surface area contributed by atoms with Crippen LogP contribution in [0.1, 0.15) is 31.7 Å². The summed E-state index contributed by atoms with van der Waals surface area (Å²) in [5, 5.41) is 8.26. The Balaban J connectivity index is 0.00000141. The third kappa shape index (κ3) is 5.74. The van der Waals surface area contributed by atoms with E-state index >= 15 is 0 Å². The standard InChI is InChI=1S/C20H18BrF2N5O2.C2H6/c21-20(22,23)19-24-18(25-30-19)15-6-8-16(9-7-15)28(26-29)17-10-11-27(13-17)12-14-4-2-1-3-5-14;1-2/h1-9,17H,10-13H2;1-2H3. The van der Waals surface area contributed by atoms with Gasteiger partial charge in [0.25, 0.3) is 0 Å². The molecule has 170 valence electrons. The fourth-order valence-corrected chi connectivity index (χ4v) is 3.70. The van der Waals surface area contributed by atoms with E-state index in [4.69, 9.17) is 0 Å². The summed E-state index contributed by atoms with van der Waals surface area (Å²) in [7, 11) is 0. The number of aromatic nitrogens is 2. The first kappa shape index (κ1) is 23.9. The van der Waals surface area contributed by atoms with E-state index in [9.17, 15) is 13.7 Å². The zero-order chi connectivity index (χ0) is 23.1. The van der Waals surface area contributed by atoms with Crippen LogP contribution in [0.2, 0.25) is 0 Å². The minimum absolute atomic E-state index is 0.0381. The third-order valence-electron chi connectivity index (χ3n) is 4.99. The number of nitrogens with zero attached hydrogens (tertiary/aromatic N) is 5. The first-order valence-corrected chi connectivity index (χ1v) is 11.1. The Bertz CT molecular complexity index is 996. The highest BCUT2D eigenvalue weighted by Gasteiger charge is 2.35. The lowest BCUT2D eigenvalue weighted by Crippen LogP contribution is -2.33. The third-order valence-corrected chi connectivity index (χ3v) is 5.33. The van der Waals surface area contributed by atoms with Crippen molar-refractivity contribution in [1.29, 1.82) is 0 Å². The summed E-state index contributed by atoms with van der Waals surface area (Å²) in [4.78, 5) is 14.2. The van der Waals surface area contributed by atoms with Crippen molar-refractivity contribution in [3.63, 3.8) is 0 Å². The molecule has 0 N–H and O–H groups in total. The number of halogens is 3. The number of alkyl halides is 3. The first-order valence-electron chi connectivity index (χ1n) is 10.3. The van der Waals surface area contributed by atoms with Gasteiger partial charge in [-0.15, -0.1) is 4.91 Å². The number of hydrogen-bond donors (Lipinski definition) is 0. The molecule has 0 bridgehead atoms. The monoisotopic (exact) mass is 507 g/mol. The van der Waals surface area contributed by atoms with Gasteiger partial charge in [-0.2, -0.15) is 13.8 Å². The number of likely N-dealkylation sites (tertiary alicyclic amines) is 1. The number of anilines is 1. The van der Waals surface area contributed by atoms with Crippen molar-refractivity contribution in [2.45, 2.75) is 37.7 Å². The SMILES string of the molecule is CC.O=NN(c1ccc(-c2noc(C(F)(F)Br)n2)cc1)C1CCN(Cc2ccccc2)C1. The molecule has 0 saturated carbocycles. The molecule has 2 aromatic carbocycles. The van der Waals surface area contributed by atoms with Crippen LogP contribution in [0.4, 0.5) is 14.5 Å². The topological polar surface area (TPSA) is 74.8 Å². The second-order valence-electron chi connectivity index (χ2n) is 7.06. The van der Waals surface area contributed by atoms with Crippen LogP contribution in [-0.4, -0.2) is 34.2 Å². The fourth-order valence-electron chi connectivity index (χ4n) is 3.54. The Morgan fingerprint density at radius 3 is 2.47 bits per heavy atom. The van der Waals surface area contributed by atoms with E-state index < -0.39 is 10.7 Å². The van der Waals surface area contributed by atoms with Crippen molar-refractivity contribution in [2.24, 2.45) is 5.29 Å². The molecule has 0 aliphatic carbocycles. The van der Waals surface area contributed by atoms with Gasteiger partial charge >= 0.3 is 10.7 Å². The van der Waals surface area contributed by atoms with Crippen LogP contribution in [0, 0.1) is 4.91 Å². The normalized spacial score (nSPS) is 16.3. The van der Waals surface area contributed by atoms with E-state index in [1.54, 1.807) is 24.3 Å². The molecule has 1 atom stereocenters. The lowest BCUT2D eigenvalue weighted by atomic mass is 10.1. The van der Waals surface area contributed by atoms with Gasteiger partial charge in [-0.3, -0.25) is 4.90 Å². The Morgan fingerprint density at radius 2 is 1.88 bits per heavy atom. The zero-order valence-corrected chi connectivity index (χ0v) is 19.4. The molecule has 0 radical (unpaired) electrons. The van der Waals surface area contributed by atoms with E-state index in [2.05, 4.69) is 52.9 Å². The maximum atomic E-state index is 13.2. The second kappa shape index (κ2) is 10.7. The summed E-state index contributed by atoms with van der Waals surface area (Å²) >= 11 is 2.19. The van der Waals surface area contributed by atoms with Crippen LogP contribution in [-0.2, 0) is 11.4 Å². The minimum Gasteiger partial charge on any atom is -0.331 e. The van der Waals surface area contributed by atoms with Gasteiger partial charge in [0, 0.05) is 41.1 Å². The van der Waals surface area contributed by atoms with Crippen LogP contribution in [0.25, 0.3) is 11.4 Å². The van der Waals surface area contributed by atoms with Crippen molar-refractivity contribution in [3.05, 3.63) is 71.0 Å². The summed E-state index contributed by atoms with van der Waals surface area (Å²) in [6.45, 7) is 6.41. The van der Waals surface area contributed by atoms with Gasteiger partial charge in [0.2, 0.25) is 5.82 Å². The Morgan fingerprint density at radius 1 is 1.19 bits per heavy atom. The van der Waals surface area contributed by atoms with Crippen LogP contribution < -0.4 is 5.01 Å². The molecule has 3 aromatic rings. The predicted molar refractivity (Wildman–Crippen MR) is 122 cm³/mol. The van der Waals surface area contributed by atoms with Gasteiger partial charge in [-0.05, 0) is 36.2 Å². The molecule has 7 nitrogen and oxygen atoms in total. The summed E-state index contributed by atoms with van der Waals surface area (Å²) in [6.07, 6.45) is 0.814. The first-order chi connectivity index (χ1) is 15.4.